The van der Waals surface area contributed by atoms with Gasteiger partial charge in [-0.2, -0.15) is 10.2 Å². The van der Waals surface area contributed by atoms with Crippen LogP contribution in [0.2, 0.25) is 0 Å². The molecule has 2 aromatic heterocycles. The molecule has 2 heterocycles. The van der Waals surface area contributed by atoms with Crippen LogP contribution in [0.15, 0.2) is 48.8 Å². The number of hydrogen-bond donors (Lipinski definition) is 2. The Morgan fingerprint density at radius 1 is 1.20 bits per heavy atom. The second-order valence-electron chi connectivity index (χ2n) is 4.61. The number of carboxylic acids is 1. The van der Waals surface area contributed by atoms with Gasteiger partial charge >= 0.3 is 11.9 Å². The number of aromatic amines is 1. The molecule has 0 atom stereocenters. The Hall–Kier alpha value is -3.62. The highest BCUT2D eigenvalue weighted by Gasteiger charge is 2.13. The predicted molar refractivity (Wildman–Crippen MR) is 87.0 cm³/mol. The number of esters is 1. The Balaban J connectivity index is 0.000000181. The maximum atomic E-state index is 10.8. The molecule has 0 spiro atoms. The number of carboxylic acid groups (broad SMARTS) is 1. The molecule has 3 rings (SSSR count). The number of benzene rings is 1. The zero-order valence-electron chi connectivity index (χ0n) is 13.5. The number of carbonyl (C=O) groups is 2. The van der Waals surface area contributed by atoms with E-state index < -0.39 is 11.9 Å². The van der Waals surface area contributed by atoms with Crippen LogP contribution in [0.25, 0.3) is 5.69 Å². The monoisotopic (exact) mass is 344 g/mol. The number of H-pyrrole nitrogens is 1. The fourth-order valence-corrected chi connectivity index (χ4v) is 1.80. The standard InChI is InChI=1S/C10H10N2O.C6H6N2O4/c1-13-10-5-3-9(4-6-10)12-8-2-7-11-12;1-12-6(11)4-2-3(5(9)10)7-8-4/h2-8H,1H3;2H,1H3,(H,7,8)(H,9,10). The van der Waals surface area contributed by atoms with Gasteiger partial charge in [0.05, 0.1) is 19.9 Å². The number of hydrogen-bond acceptors (Lipinski definition) is 6. The molecule has 0 aliphatic rings. The lowest BCUT2D eigenvalue weighted by Gasteiger charge is -2.02. The van der Waals surface area contributed by atoms with Crippen LogP contribution in [0.3, 0.4) is 0 Å². The minimum Gasteiger partial charge on any atom is -0.497 e. The van der Waals surface area contributed by atoms with E-state index in [1.165, 1.54) is 7.11 Å². The van der Waals surface area contributed by atoms with E-state index in [1.54, 1.807) is 18.0 Å². The summed E-state index contributed by atoms with van der Waals surface area (Å²) in [5.41, 5.74) is 0.844. The van der Waals surface area contributed by atoms with Gasteiger partial charge in [-0.15, -0.1) is 0 Å². The normalized spacial score (nSPS) is 9.68. The van der Waals surface area contributed by atoms with E-state index in [0.717, 1.165) is 17.5 Å². The van der Waals surface area contributed by atoms with Gasteiger partial charge in [0.15, 0.2) is 5.69 Å². The summed E-state index contributed by atoms with van der Waals surface area (Å²) in [6, 6.07) is 10.8. The maximum Gasteiger partial charge on any atom is 0.356 e. The molecule has 9 nitrogen and oxygen atoms in total. The van der Waals surface area contributed by atoms with Crippen LogP contribution in [0.1, 0.15) is 21.0 Å². The van der Waals surface area contributed by atoms with Crippen molar-refractivity contribution >= 4 is 11.9 Å². The molecule has 0 saturated heterocycles. The van der Waals surface area contributed by atoms with Crippen molar-refractivity contribution in [2.24, 2.45) is 0 Å². The van der Waals surface area contributed by atoms with Gasteiger partial charge in [0.2, 0.25) is 0 Å². The van der Waals surface area contributed by atoms with E-state index in [2.05, 4.69) is 20.0 Å². The van der Waals surface area contributed by atoms with Gasteiger partial charge in [-0.3, -0.25) is 5.10 Å². The smallest absolute Gasteiger partial charge is 0.356 e. The number of nitrogens with zero attached hydrogens (tertiary/aromatic N) is 3. The van der Waals surface area contributed by atoms with E-state index in [-0.39, 0.29) is 11.4 Å². The summed E-state index contributed by atoms with van der Waals surface area (Å²) in [6.45, 7) is 0. The summed E-state index contributed by atoms with van der Waals surface area (Å²) in [5.74, 6) is -0.979. The molecule has 0 saturated carbocycles. The van der Waals surface area contributed by atoms with Gasteiger partial charge in [-0.1, -0.05) is 0 Å². The van der Waals surface area contributed by atoms with E-state index in [4.69, 9.17) is 9.84 Å². The van der Waals surface area contributed by atoms with Crippen molar-refractivity contribution in [1.29, 1.82) is 0 Å². The number of aromatic carboxylic acids is 1. The SMILES string of the molecule is COC(=O)c1cc(C(=O)O)n[nH]1.COc1ccc(-n2cccn2)cc1. The lowest BCUT2D eigenvalue weighted by Crippen LogP contribution is -2.01. The van der Waals surface area contributed by atoms with Crippen molar-refractivity contribution in [2.45, 2.75) is 0 Å². The first kappa shape index (κ1) is 17.7. The fourth-order valence-electron chi connectivity index (χ4n) is 1.80. The first-order chi connectivity index (χ1) is 12.0. The quantitative estimate of drug-likeness (QED) is 0.692. The van der Waals surface area contributed by atoms with Crippen molar-refractivity contribution in [3.8, 4) is 11.4 Å². The van der Waals surface area contributed by atoms with Gasteiger partial charge in [0, 0.05) is 18.5 Å². The first-order valence-electron chi connectivity index (χ1n) is 7.06. The number of methoxy groups -OCH3 is 2. The Kier molecular flexibility index (Phi) is 5.88. The molecule has 0 aliphatic heterocycles. The van der Waals surface area contributed by atoms with E-state index >= 15 is 0 Å². The number of ether oxygens (including phenoxy) is 2. The lowest BCUT2D eigenvalue weighted by molar-refractivity contribution is 0.0593. The Bertz CT molecular complexity index is 825. The van der Waals surface area contributed by atoms with Crippen molar-refractivity contribution in [2.75, 3.05) is 14.2 Å². The second kappa shape index (κ2) is 8.29. The second-order valence-corrected chi connectivity index (χ2v) is 4.61. The molecule has 130 valence electrons. The minimum atomic E-state index is -1.19. The van der Waals surface area contributed by atoms with E-state index in [9.17, 15) is 9.59 Å². The summed E-state index contributed by atoms with van der Waals surface area (Å²) >= 11 is 0. The van der Waals surface area contributed by atoms with Crippen molar-refractivity contribution in [3.63, 3.8) is 0 Å². The molecule has 2 N–H and O–H groups in total. The number of aromatic nitrogens is 4. The van der Waals surface area contributed by atoms with Crippen LogP contribution >= 0.6 is 0 Å². The lowest BCUT2D eigenvalue weighted by atomic mass is 10.3. The van der Waals surface area contributed by atoms with Crippen LogP contribution in [0, 0.1) is 0 Å². The van der Waals surface area contributed by atoms with Crippen molar-refractivity contribution in [3.05, 3.63) is 60.2 Å². The molecule has 25 heavy (non-hydrogen) atoms. The zero-order valence-corrected chi connectivity index (χ0v) is 13.5. The minimum absolute atomic E-state index is 0.0231. The largest absolute Gasteiger partial charge is 0.497 e. The molecule has 0 radical (unpaired) electrons. The summed E-state index contributed by atoms with van der Waals surface area (Å²) in [6.07, 6.45) is 3.66. The number of carbonyl (C=O) groups excluding carboxylic acids is 1. The fraction of sp³-hybridized carbons (Fsp3) is 0.125. The summed E-state index contributed by atoms with van der Waals surface area (Å²) in [7, 11) is 2.85. The van der Waals surface area contributed by atoms with Crippen LogP contribution in [-0.2, 0) is 4.74 Å². The Morgan fingerprint density at radius 3 is 2.40 bits per heavy atom. The molecule has 0 bridgehead atoms. The molecule has 1 aromatic carbocycles. The summed E-state index contributed by atoms with van der Waals surface area (Å²) < 4.78 is 11.2. The first-order valence-corrected chi connectivity index (χ1v) is 7.06. The zero-order chi connectivity index (χ0) is 18.2. The maximum absolute atomic E-state index is 10.8. The van der Waals surface area contributed by atoms with Crippen LogP contribution < -0.4 is 4.74 Å². The van der Waals surface area contributed by atoms with Crippen LogP contribution in [-0.4, -0.2) is 51.2 Å². The molecule has 0 amide bonds. The average molecular weight is 344 g/mol. The van der Waals surface area contributed by atoms with Crippen molar-refractivity contribution < 1.29 is 24.2 Å². The molecular weight excluding hydrogens is 328 g/mol. The highest BCUT2D eigenvalue weighted by molar-refractivity contribution is 5.92. The highest BCUT2D eigenvalue weighted by atomic mass is 16.5. The molecule has 3 aromatic rings. The topological polar surface area (TPSA) is 119 Å². The highest BCUT2D eigenvalue weighted by Crippen LogP contribution is 2.13. The Labute approximate surface area is 142 Å². The Morgan fingerprint density at radius 2 is 1.92 bits per heavy atom. The van der Waals surface area contributed by atoms with Gasteiger partial charge < -0.3 is 14.6 Å². The summed E-state index contributed by atoms with van der Waals surface area (Å²) in [4.78, 5) is 21.1. The predicted octanol–water partition coefficient (Wildman–Crippen LogP) is 1.78. The van der Waals surface area contributed by atoms with E-state index in [1.807, 2.05) is 36.5 Å². The summed E-state index contributed by atoms with van der Waals surface area (Å²) in [5, 5.41) is 18.1. The van der Waals surface area contributed by atoms with Crippen LogP contribution in [0.5, 0.6) is 5.75 Å². The third kappa shape index (κ3) is 4.67. The third-order valence-corrected chi connectivity index (χ3v) is 3.04. The van der Waals surface area contributed by atoms with Gasteiger partial charge in [-0.05, 0) is 30.3 Å². The number of nitrogens with one attached hydrogen (secondary N) is 1. The van der Waals surface area contributed by atoms with Crippen LogP contribution in [0.4, 0.5) is 0 Å². The molecular formula is C16H16N4O5. The van der Waals surface area contributed by atoms with Gasteiger partial charge in [0.25, 0.3) is 0 Å². The third-order valence-electron chi connectivity index (χ3n) is 3.04. The molecule has 0 aliphatic carbocycles. The van der Waals surface area contributed by atoms with E-state index in [0.29, 0.717) is 0 Å². The van der Waals surface area contributed by atoms with Gasteiger partial charge in [0.1, 0.15) is 11.4 Å². The van der Waals surface area contributed by atoms with Gasteiger partial charge in [-0.25, -0.2) is 14.3 Å². The molecule has 0 fully saturated rings. The average Bonchev–Trinajstić information content (AvgIpc) is 3.33. The number of rotatable bonds is 4. The van der Waals surface area contributed by atoms with Crippen molar-refractivity contribution in [1.82, 2.24) is 20.0 Å². The molecule has 9 heteroatoms. The molecule has 0 unspecified atom stereocenters.